The molecule has 3 heteroatoms. The fourth-order valence-electron chi connectivity index (χ4n) is 2.41. The summed E-state index contributed by atoms with van der Waals surface area (Å²) < 4.78 is 0. The number of hydrogen-bond acceptors (Lipinski definition) is 3. The van der Waals surface area contributed by atoms with E-state index in [9.17, 15) is 0 Å². The molecular formula is C14H22N2S. The van der Waals surface area contributed by atoms with Gasteiger partial charge < -0.3 is 10.6 Å². The summed E-state index contributed by atoms with van der Waals surface area (Å²) in [5, 5.41) is 0. The Bertz CT molecular complexity index is 322. The van der Waals surface area contributed by atoms with Crippen LogP contribution in [0.3, 0.4) is 0 Å². The van der Waals surface area contributed by atoms with E-state index < -0.39 is 0 Å². The molecule has 0 aromatic heterocycles. The van der Waals surface area contributed by atoms with Crippen molar-refractivity contribution in [3.63, 3.8) is 0 Å². The maximum atomic E-state index is 5.92. The van der Waals surface area contributed by atoms with Crippen molar-refractivity contribution in [2.24, 2.45) is 5.73 Å². The van der Waals surface area contributed by atoms with Crippen LogP contribution in [0.4, 0.5) is 0 Å². The highest BCUT2D eigenvalue weighted by atomic mass is 32.2. The highest BCUT2D eigenvalue weighted by Crippen LogP contribution is 2.24. The molecule has 1 fully saturated rings. The summed E-state index contributed by atoms with van der Waals surface area (Å²) >= 11 is 2.07. The lowest BCUT2D eigenvalue weighted by Crippen LogP contribution is -2.36. The molecule has 2 nitrogen and oxygen atoms in total. The number of thioether (sulfide) groups is 1. The topological polar surface area (TPSA) is 29.3 Å². The summed E-state index contributed by atoms with van der Waals surface area (Å²) in [5.74, 6) is 3.06. The van der Waals surface area contributed by atoms with Gasteiger partial charge in [0.2, 0.25) is 0 Å². The maximum Gasteiger partial charge on any atom is 0.0191 e. The molecule has 17 heavy (non-hydrogen) atoms. The van der Waals surface area contributed by atoms with E-state index >= 15 is 0 Å². The summed E-state index contributed by atoms with van der Waals surface area (Å²) in [6.07, 6.45) is 1.33. The third-order valence-corrected chi connectivity index (χ3v) is 4.74. The van der Waals surface area contributed by atoms with Crippen LogP contribution in [0.1, 0.15) is 17.9 Å². The standard InChI is InChI=1S/C14H22N2S/c1-16(14-7-8-17-11-14)10-13(9-15)12-5-3-2-4-6-12/h2-6,13-14H,7-11,15H2,1H3. The second-order valence-electron chi connectivity index (χ2n) is 4.80. The fourth-order valence-corrected chi connectivity index (χ4v) is 3.71. The van der Waals surface area contributed by atoms with Crippen LogP contribution in [0.15, 0.2) is 30.3 Å². The first-order chi connectivity index (χ1) is 8.31. The first kappa shape index (κ1) is 12.9. The van der Waals surface area contributed by atoms with E-state index in [2.05, 4.69) is 54.0 Å². The maximum absolute atomic E-state index is 5.92. The second-order valence-corrected chi connectivity index (χ2v) is 5.95. The normalized spacial score (nSPS) is 21.9. The summed E-state index contributed by atoms with van der Waals surface area (Å²) in [6.45, 7) is 1.81. The molecule has 0 aliphatic carbocycles. The van der Waals surface area contributed by atoms with E-state index in [1.807, 2.05) is 0 Å². The molecule has 2 rings (SSSR count). The molecule has 1 aliphatic rings. The number of hydrogen-bond donors (Lipinski definition) is 1. The molecule has 1 heterocycles. The van der Waals surface area contributed by atoms with E-state index in [-0.39, 0.29) is 0 Å². The number of nitrogens with two attached hydrogens (primary N) is 1. The van der Waals surface area contributed by atoms with Crippen molar-refractivity contribution >= 4 is 11.8 Å². The molecule has 2 unspecified atom stereocenters. The molecule has 2 N–H and O–H groups in total. The number of benzene rings is 1. The minimum Gasteiger partial charge on any atom is -0.330 e. The molecule has 0 bridgehead atoms. The van der Waals surface area contributed by atoms with Gasteiger partial charge in [0.25, 0.3) is 0 Å². The van der Waals surface area contributed by atoms with E-state index in [0.717, 1.165) is 19.1 Å². The molecule has 0 amide bonds. The van der Waals surface area contributed by atoms with Gasteiger partial charge in [-0.2, -0.15) is 11.8 Å². The molecule has 1 saturated heterocycles. The Morgan fingerprint density at radius 3 is 2.76 bits per heavy atom. The largest absolute Gasteiger partial charge is 0.330 e. The second kappa shape index (κ2) is 6.43. The molecule has 0 radical (unpaired) electrons. The van der Waals surface area contributed by atoms with Crippen molar-refractivity contribution in [3.05, 3.63) is 35.9 Å². The minimum atomic E-state index is 0.465. The smallest absolute Gasteiger partial charge is 0.0191 e. The van der Waals surface area contributed by atoms with Crippen LogP contribution in [0.2, 0.25) is 0 Å². The van der Waals surface area contributed by atoms with Gasteiger partial charge in [-0.05, 0) is 24.8 Å². The quantitative estimate of drug-likeness (QED) is 0.868. The van der Waals surface area contributed by atoms with E-state index in [4.69, 9.17) is 5.73 Å². The average Bonchev–Trinajstić information content (AvgIpc) is 2.90. The van der Waals surface area contributed by atoms with Crippen molar-refractivity contribution in [2.75, 3.05) is 31.6 Å². The van der Waals surface area contributed by atoms with Crippen molar-refractivity contribution in [1.29, 1.82) is 0 Å². The van der Waals surface area contributed by atoms with Gasteiger partial charge in [0.15, 0.2) is 0 Å². The van der Waals surface area contributed by atoms with Crippen molar-refractivity contribution in [2.45, 2.75) is 18.4 Å². The fraction of sp³-hybridized carbons (Fsp3) is 0.571. The lowest BCUT2D eigenvalue weighted by molar-refractivity contribution is 0.247. The molecular weight excluding hydrogens is 228 g/mol. The van der Waals surface area contributed by atoms with Crippen molar-refractivity contribution in [3.8, 4) is 0 Å². The van der Waals surface area contributed by atoms with Crippen LogP contribution in [0.5, 0.6) is 0 Å². The lowest BCUT2D eigenvalue weighted by atomic mass is 9.98. The zero-order valence-electron chi connectivity index (χ0n) is 10.5. The van der Waals surface area contributed by atoms with Crippen LogP contribution in [-0.2, 0) is 0 Å². The number of rotatable bonds is 5. The van der Waals surface area contributed by atoms with Crippen LogP contribution in [0, 0.1) is 0 Å². The highest BCUT2D eigenvalue weighted by molar-refractivity contribution is 7.99. The van der Waals surface area contributed by atoms with E-state index in [1.165, 1.54) is 23.5 Å². The van der Waals surface area contributed by atoms with Gasteiger partial charge in [0.1, 0.15) is 0 Å². The van der Waals surface area contributed by atoms with Crippen LogP contribution in [-0.4, -0.2) is 42.6 Å². The zero-order valence-corrected chi connectivity index (χ0v) is 11.3. The van der Waals surface area contributed by atoms with Crippen LogP contribution < -0.4 is 5.73 Å². The van der Waals surface area contributed by atoms with Crippen LogP contribution >= 0.6 is 11.8 Å². The van der Waals surface area contributed by atoms with Crippen molar-refractivity contribution in [1.82, 2.24) is 4.90 Å². The van der Waals surface area contributed by atoms with Gasteiger partial charge in [0, 0.05) is 30.8 Å². The van der Waals surface area contributed by atoms with Gasteiger partial charge in [-0.25, -0.2) is 0 Å². The summed E-state index contributed by atoms with van der Waals surface area (Å²) in [7, 11) is 2.24. The highest BCUT2D eigenvalue weighted by Gasteiger charge is 2.22. The first-order valence-corrected chi connectivity index (χ1v) is 7.49. The first-order valence-electron chi connectivity index (χ1n) is 6.34. The minimum absolute atomic E-state index is 0.465. The average molecular weight is 250 g/mol. The van der Waals surface area contributed by atoms with Gasteiger partial charge in [-0.15, -0.1) is 0 Å². The van der Waals surface area contributed by atoms with Gasteiger partial charge >= 0.3 is 0 Å². The summed E-state index contributed by atoms with van der Waals surface area (Å²) in [5.41, 5.74) is 7.29. The Morgan fingerprint density at radius 1 is 1.41 bits per heavy atom. The van der Waals surface area contributed by atoms with E-state index in [1.54, 1.807) is 0 Å². The predicted molar refractivity (Wildman–Crippen MR) is 76.6 cm³/mol. The van der Waals surface area contributed by atoms with Crippen LogP contribution in [0.25, 0.3) is 0 Å². The number of nitrogens with zero attached hydrogens (tertiary/aromatic N) is 1. The van der Waals surface area contributed by atoms with Crippen molar-refractivity contribution < 1.29 is 0 Å². The van der Waals surface area contributed by atoms with Gasteiger partial charge in [-0.3, -0.25) is 0 Å². The third-order valence-electron chi connectivity index (χ3n) is 3.59. The molecule has 94 valence electrons. The van der Waals surface area contributed by atoms with Gasteiger partial charge in [0.05, 0.1) is 0 Å². The summed E-state index contributed by atoms with van der Waals surface area (Å²) in [4.78, 5) is 2.49. The predicted octanol–water partition coefficient (Wildman–Crippen LogP) is 2.17. The Kier molecular flexibility index (Phi) is 4.89. The molecule has 1 aromatic carbocycles. The SMILES string of the molecule is CN(CC(CN)c1ccccc1)C1CCSC1. The van der Waals surface area contributed by atoms with Gasteiger partial charge in [-0.1, -0.05) is 30.3 Å². The summed E-state index contributed by atoms with van der Waals surface area (Å²) in [6, 6.07) is 11.4. The lowest BCUT2D eigenvalue weighted by Gasteiger charge is -2.28. The Hall–Kier alpha value is -0.510. The zero-order chi connectivity index (χ0) is 12.1. The monoisotopic (exact) mass is 250 g/mol. The number of likely N-dealkylation sites (N-methyl/N-ethyl adjacent to an activating group) is 1. The third kappa shape index (κ3) is 3.47. The molecule has 1 aromatic rings. The molecule has 0 saturated carbocycles. The molecule has 0 spiro atoms. The van der Waals surface area contributed by atoms with E-state index in [0.29, 0.717) is 5.92 Å². The molecule has 1 aliphatic heterocycles. The Morgan fingerprint density at radius 2 is 2.18 bits per heavy atom. The molecule has 2 atom stereocenters. The Balaban J connectivity index is 1.95. The Labute approximate surface area is 109 Å².